The van der Waals surface area contributed by atoms with Crippen molar-refractivity contribution in [2.24, 2.45) is 0 Å². The standard InChI is InChI=1S/C31H37N6O10P/c1-5-24(38)44-27-26(22-15-16-23-29(32)34-18-35-37(22)23)46-31(33-4,28(27)45-25(39)6-2)17-42-48(41,47-21-11-8-7-9-12-21)36-19(3)30(40)43-20-13-10-14-20/h7-9,11-12,15-16,18-20,26-28H,5-6,10,13-14,17H2,1-3H3,(H,36,41)(H2,32,34,35)/t19-,26-,27-,28-,31+,48-/m0/s1. The molecule has 256 valence electrons. The lowest BCUT2D eigenvalue weighted by Gasteiger charge is -2.29. The third-order valence-electron chi connectivity index (χ3n) is 7.92. The van der Waals surface area contributed by atoms with Gasteiger partial charge in [0.1, 0.15) is 35.8 Å². The maximum absolute atomic E-state index is 14.3. The summed E-state index contributed by atoms with van der Waals surface area (Å²) in [4.78, 5) is 46.0. The molecule has 5 rings (SSSR count). The largest absolute Gasteiger partial charge is 0.461 e. The lowest BCUT2D eigenvalue weighted by molar-refractivity contribution is -0.169. The molecule has 0 radical (unpaired) electrons. The van der Waals surface area contributed by atoms with Crippen molar-refractivity contribution in [2.45, 2.75) is 89.1 Å². The Morgan fingerprint density at radius 2 is 1.83 bits per heavy atom. The summed E-state index contributed by atoms with van der Waals surface area (Å²) in [6, 6.07) is 10.1. The van der Waals surface area contributed by atoms with Gasteiger partial charge in [-0.05, 0) is 50.5 Å². The zero-order valence-electron chi connectivity index (χ0n) is 26.6. The van der Waals surface area contributed by atoms with E-state index in [4.69, 9.17) is 40.3 Å². The van der Waals surface area contributed by atoms with Gasteiger partial charge in [-0.3, -0.25) is 28.5 Å². The van der Waals surface area contributed by atoms with E-state index >= 15 is 0 Å². The lowest BCUT2D eigenvalue weighted by Crippen LogP contribution is -2.48. The Kier molecular flexibility index (Phi) is 10.6. The Hall–Kier alpha value is -4.55. The number of hydrogen-bond acceptors (Lipinski definition) is 13. The van der Waals surface area contributed by atoms with Gasteiger partial charge < -0.3 is 24.5 Å². The molecule has 48 heavy (non-hydrogen) atoms. The van der Waals surface area contributed by atoms with Gasteiger partial charge in [-0.2, -0.15) is 10.2 Å². The number of nitrogen functional groups attached to an aromatic ring is 1. The molecule has 1 aromatic carbocycles. The van der Waals surface area contributed by atoms with Crippen LogP contribution in [0.1, 0.15) is 64.7 Å². The molecule has 2 aromatic heterocycles. The maximum atomic E-state index is 14.3. The number of anilines is 1. The molecule has 0 amide bonds. The van der Waals surface area contributed by atoms with Gasteiger partial charge >= 0.3 is 31.4 Å². The summed E-state index contributed by atoms with van der Waals surface area (Å²) >= 11 is 0. The van der Waals surface area contributed by atoms with Gasteiger partial charge in [0.15, 0.2) is 18.5 Å². The first-order chi connectivity index (χ1) is 23.0. The Balaban J connectivity index is 1.51. The molecular weight excluding hydrogens is 647 g/mol. The summed E-state index contributed by atoms with van der Waals surface area (Å²) in [5.74, 6) is -1.77. The van der Waals surface area contributed by atoms with Crippen LogP contribution in [-0.2, 0) is 42.4 Å². The minimum Gasteiger partial charge on any atom is -0.461 e. The quantitative estimate of drug-likeness (QED) is 0.107. The molecule has 6 atom stereocenters. The topological polar surface area (TPSA) is 196 Å². The number of rotatable bonds is 14. The predicted molar refractivity (Wildman–Crippen MR) is 168 cm³/mol. The molecule has 0 unspecified atom stereocenters. The first-order valence-electron chi connectivity index (χ1n) is 15.5. The number of para-hydroxylation sites is 1. The van der Waals surface area contributed by atoms with Crippen molar-refractivity contribution >= 4 is 37.0 Å². The first-order valence-corrected chi connectivity index (χ1v) is 17.1. The number of hydrogen-bond donors (Lipinski definition) is 2. The third-order valence-corrected chi connectivity index (χ3v) is 9.54. The monoisotopic (exact) mass is 684 g/mol. The lowest BCUT2D eigenvalue weighted by atomic mass is 9.96. The smallest absolute Gasteiger partial charge is 0.459 e. The number of esters is 3. The van der Waals surface area contributed by atoms with E-state index < -0.39 is 62.3 Å². The van der Waals surface area contributed by atoms with Crippen LogP contribution in [0.4, 0.5) is 5.82 Å². The predicted octanol–water partition coefficient (Wildman–Crippen LogP) is 3.92. The number of carbonyl (C=O) groups is 3. The van der Waals surface area contributed by atoms with Gasteiger partial charge in [-0.1, -0.05) is 32.0 Å². The zero-order chi connectivity index (χ0) is 34.5. The van der Waals surface area contributed by atoms with E-state index in [2.05, 4.69) is 20.0 Å². The molecule has 0 bridgehead atoms. The second-order valence-electron chi connectivity index (χ2n) is 11.3. The Morgan fingerprint density at radius 1 is 1.12 bits per heavy atom. The summed E-state index contributed by atoms with van der Waals surface area (Å²) in [5, 5.41) is 6.84. The van der Waals surface area contributed by atoms with Crippen LogP contribution in [0, 0.1) is 6.57 Å². The summed E-state index contributed by atoms with van der Waals surface area (Å²) < 4.78 is 50.7. The molecule has 2 fully saturated rings. The van der Waals surface area contributed by atoms with Crippen LogP contribution in [0.15, 0.2) is 48.8 Å². The van der Waals surface area contributed by atoms with Crippen molar-refractivity contribution in [1.29, 1.82) is 0 Å². The minimum absolute atomic E-state index is 0.0396. The van der Waals surface area contributed by atoms with Gasteiger partial charge in [0.05, 0.1) is 5.69 Å². The fourth-order valence-corrected chi connectivity index (χ4v) is 6.61. The highest BCUT2D eigenvalue weighted by atomic mass is 31.2. The third kappa shape index (κ3) is 7.44. The van der Waals surface area contributed by atoms with Gasteiger partial charge in [-0.15, -0.1) is 0 Å². The van der Waals surface area contributed by atoms with E-state index in [1.807, 2.05) is 0 Å². The van der Waals surface area contributed by atoms with E-state index in [0.717, 1.165) is 19.3 Å². The van der Waals surface area contributed by atoms with Gasteiger partial charge in [0.2, 0.25) is 6.10 Å². The van der Waals surface area contributed by atoms with Gasteiger partial charge in [0.25, 0.3) is 0 Å². The van der Waals surface area contributed by atoms with Crippen molar-refractivity contribution in [3.05, 3.63) is 65.9 Å². The summed E-state index contributed by atoms with van der Waals surface area (Å²) in [7, 11) is -4.50. The molecule has 3 heterocycles. The van der Waals surface area contributed by atoms with E-state index in [9.17, 15) is 18.9 Å². The minimum atomic E-state index is -4.50. The number of nitrogens with one attached hydrogen (secondary N) is 1. The first kappa shape index (κ1) is 34.8. The van der Waals surface area contributed by atoms with Gasteiger partial charge in [0, 0.05) is 12.8 Å². The van der Waals surface area contributed by atoms with Crippen LogP contribution < -0.4 is 15.3 Å². The molecule has 0 spiro atoms. The zero-order valence-corrected chi connectivity index (χ0v) is 27.5. The normalized spacial score (nSPS) is 24.1. The van der Waals surface area contributed by atoms with E-state index in [1.54, 1.807) is 44.2 Å². The number of carbonyl (C=O) groups excluding carboxylic acids is 3. The molecule has 1 aliphatic heterocycles. The average Bonchev–Trinajstić information content (AvgIpc) is 3.62. The van der Waals surface area contributed by atoms with Crippen LogP contribution >= 0.6 is 7.75 Å². The Labute approximate surface area is 276 Å². The van der Waals surface area contributed by atoms with Crippen molar-refractivity contribution < 1.29 is 46.9 Å². The second-order valence-corrected chi connectivity index (χ2v) is 13.0. The molecule has 3 N–H and O–H groups in total. The van der Waals surface area contributed by atoms with Crippen LogP contribution in [0.3, 0.4) is 0 Å². The average molecular weight is 685 g/mol. The molecule has 1 aliphatic carbocycles. The number of ether oxygens (including phenoxy) is 4. The highest BCUT2D eigenvalue weighted by Gasteiger charge is 2.67. The molecule has 3 aromatic rings. The Bertz CT molecular complexity index is 1730. The second kappa shape index (κ2) is 14.7. The van der Waals surface area contributed by atoms with Crippen molar-refractivity contribution in [2.75, 3.05) is 12.3 Å². The van der Waals surface area contributed by atoms with Crippen molar-refractivity contribution in [1.82, 2.24) is 19.7 Å². The van der Waals surface area contributed by atoms with Crippen LogP contribution in [0.25, 0.3) is 10.4 Å². The fraction of sp³-hybridized carbons (Fsp3) is 0.484. The maximum Gasteiger partial charge on any atom is 0.459 e. The highest BCUT2D eigenvalue weighted by Crippen LogP contribution is 2.50. The van der Waals surface area contributed by atoms with E-state index in [0.29, 0.717) is 11.2 Å². The summed E-state index contributed by atoms with van der Waals surface area (Å²) in [5.41, 5.74) is 4.50. The SMILES string of the molecule is [C-]#[N+][C@]1(CO[P@@](=O)(N[C@@H](C)C(=O)OC2CCC2)Oc2ccccc2)O[C@@H](c2ccc3c(N)ncnn23)[C@H](OC(=O)CC)[C@@H]1OC(=O)CC. The number of fused-ring (bicyclic) bond motifs is 1. The number of nitrogens with zero attached hydrogens (tertiary/aromatic N) is 4. The van der Waals surface area contributed by atoms with Crippen LogP contribution in [-0.4, -0.2) is 69.2 Å². The number of nitrogens with two attached hydrogens (primary N) is 1. The van der Waals surface area contributed by atoms with E-state index in [1.165, 1.54) is 29.9 Å². The summed E-state index contributed by atoms with van der Waals surface area (Å²) in [6.45, 7) is 12.0. The molecule has 1 saturated heterocycles. The molecule has 2 aliphatic rings. The number of aromatic nitrogens is 3. The summed E-state index contributed by atoms with van der Waals surface area (Å²) in [6.07, 6.45) is -0.923. The molecule has 16 nitrogen and oxygen atoms in total. The molecular formula is C31H37N6O10P. The van der Waals surface area contributed by atoms with Crippen molar-refractivity contribution in [3.8, 4) is 5.75 Å². The van der Waals surface area contributed by atoms with Crippen LogP contribution in [0.5, 0.6) is 5.75 Å². The van der Waals surface area contributed by atoms with Gasteiger partial charge in [-0.25, -0.2) is 20.6 Å². The molecule has 1 saturated carbocycles. The highest BCUT2D eigenvalue weighted by molar-refractivity contribution is 7.52. The van der Waals surface area contributed by atoms with E-state index in [-0.39, 0.29) is 30.5 Å². The molecule has 17 heteroatoms. The van der Waals surface area contributed by atoms with Crippen LogP contribution in [0.2, 0.25) is 0 Å². The number of benzene rings is 1. The fourth-order valence-electron chi connectivity index (χ4n) is 5.10. The van der Waals surface area contributed by atoms with Crippen molar-refractivity contribution in [3.63, 3.8) is 0 Å². The Morgan fingerprint density at radius 3 is 2.48 bits per heavy atom.